The third-order valence-electron chi connectivity index (χ3n) is 4.97. The predicted molar refractivity (Wildman–Crippen MR) is 127 cm³/mol. The topological polar surface area (TPSA) is 84.2 Å². The van der Waals surface area contributed by atoms with Gasteiger partial charge in [0.2, 0.25) is 0 Å². The standard InChI is InChI=1S/C27H24O7/c1-3-30-25-16-19(9-12-23(25)32-14-13-31-20-7-5-4-6-8-20)27(29)33-21-10-11-22-18(2)15-26(28)34-24(22)17-21/h4-12,15-17H,3,13-14H2,1-2H3. The molecule has 7 heteroatoms. The van der Waals surface area contributed by atoms with E-state index in [4.69, 9.17) is 23.4 Å². The number of hydrogen-bond acceptors (Lipinski definition) is 7. The van der Waals surface area contributed by atoms with E-state index in [-0.39, 0.29) is 5.75 Å². The van der Waals surface area contributed by atoms with Gasteiger partial charge in [0.15, 0.2) is 11.5 Å². The number of hydrogen-bond donors (Lipinski definition) is 0. The summed E-state index contributed by atoms with van der Waals surface area (Å²) in [7, 11) is 0. The number of benzene rings is 3. The third kappa shape index (κ3) is 5.56. The molecule has 0 radical (unpaired) electrons. The van der Waals surface area contributed by atoms with Crippen molar-refractivity contribution in [1.29, 1.82) is 0 Å². The van der Waals surface area contributed by atoms with Gasteiger partial charge in [-0.25, -0.2) is 9.59 Å². The molecule has 0 aliphatic rings. The van der Waals surface area contributed by atoms with Crippen LogP contribution in [-0.2, 0) is 0 Å². The van der Waals surface area contributed by atoms with E-state index in [1.807, 2.05) is 44.2 Å². The van der Waals surface area contributed by atoms with Crippen LogP contribution in [0.25, 0.3) is 11.0 Å². The molecule has 0 atom stereocenters. The molecule has 0 fully saturated rings. The molecule has 1 aromatic heterocycles. The molecular weight excluding hydrogens is 436 g/mol. The Labute approximate surface area is 196 Å². The van der Waals surface area contributed by atoms with E-state index in [9.17, 15) is 9.59 Å². The lowest BCUT2D eigenvalue weighted by atomic mass is 10.1. The summed E-state index contributed by atoms with van der Waals surface area (Å²) in [6, 6.07) is 20.6. The summed E-state index contributed by atoms with van der Waals surface area (Å²) in [6.07, 6.45) is 0. The molecule has 0 unspecified atom stereocenters. The van der Waals surface area contributed by atoms with E-state index in [1.165, 1.54) is 12.1 Å². The number of rotatable bonds is 9. The normalized spacial score (nSPS) is 10.6. The molecule has 0 N–H and O–H groups in total. The molecule has 0 bridgehead atoms. The van der Waals surface area contributed by atoms with E-state index in [2.05, 4.69) is 0 Å². The SMILES string of the molecule is CCOc1cc(C(=O)Oc2ccc3c(C)cc(=O)oc3c2)ccc1OCCOc1ccccc1. The fraction of sp³-hybridized carbons (Fsp3) is 0.185. The van der Waals surface area contributed by atoms with Crippen molar-refractivity contribution in [3.8, 4) is 23.0 Å². The second-order valence-electron chi connectivity index (χ2n) is 7.40. The van der Waals surface area contributed by atoms with Crippen LogP contribution in [-0.4, -0.2) is 25.8 Å². The van der Waals surface area contributed by atoms with Gasteiger partial charge in [0, 0.05) is 17.5 Å². The van der Waals surface area contributed by atoms with Crippen LogP contribution in [0.4, 0.5) is 0 Å². The lowest BCUT2D eigenvalue weighted by molar-refractivity contribution is 0.0734. The molecule has 4 aromatic rings. The van der Waals surface area contributed by atoms with Crippen molar-refractivity contribution in [2.24, 2.45) is 0 Å². The Hall–Kier alpha value is -4.26. The first-order valence-electron chi connectivity index (χ1n) is 10.9. The fourth-order valence-corrected chi connectivity index (χ4v) is 3.39. The van der Waals surface area contributed by atoms with Crippen molar-refractivity contribution >= 4 is 16.9 Å². The zero-order valence-electron chi connectivity index (χ0n) is 18.9. The highest BCUT2D eigenvalue weighted by Gasteiger charge is 2.15. The van der Waals surface area contributed by atoms with Crippen molar-refractivity contribution in [1.82, 2.24) is 0 Å². The van der Waals surface area contributed by atoms with Gasteiger partial charge in [0.25, 0.3) is 0 Å². The molecule has 4 rings (SSSR count). The fourth-order valence-electron chi connectivity index (χ4n) is 3.39. The molecule has 0 saturated heterocycles. The monoisotopic (exact) mass is 460 g/mol. The smallest absolute Gasteiger partial charge is 0.343 e. The van der Waals surface area contributed by atoms with Gasteiger partial charge in [-0.15, -0.1) is 0 Å². The first-order chi connectivity index (χ1) is 16.5. The Bertz CT molecular complexity index is 1340. The maximum atomic E-state index is 12.7. The largest absolute Gasteiger partial charge is 0.490 e. The van der Waals surface area contributed by atoms with Gasteiger partial charge in [0.1, 0.15) is 30.3 Å². The van der Waals surface area contributed by atoms with E-state index < -0.39 is 11.6 Å². The molecule has 7 nitrogen and oxygen atoms in total. The van der Waals surface area contributed by atoms with Gasteiger partial charge >= 0.3 is 11.6 Å². The number of carbonyl (C=O) groups is 1. The minimum Gasteiger partial charge on any atom is -0.490 e. The van der Waals surface area contributed by atoms with Gasteiger partial charge in [-0.3, -0.25) is 0 Å². The van der Waals surface area contributed by atoms with Crippen LogP contribution >= 0.6 is 0 Å². The van der Waals surface area contributed by atoms with Crippen molar-refractivity contribution in [3.63, 3.8) is 0 Å². The number of carbonyl (C=O) groups excluding carboxylic acids is 1. The Kier molecular flexibility index (Phi) is 7.13. The summed E-state index contributed by atoms with van der Waals surface area (Å²) in [5.41, 5.74) is 0.976. The number of ether oxygens (including phenoxy) is 4. The minimum atomic E-state index is -0.575. The third-order valence-corrected chi connectivity index (χ3v) is 4.97. The Morgan fingerprint density at radius 1 is 0.824 bits per heavy atom. The highest BCUT2D eigenvalue weighted by molar-refractivity contribution is 5.92. The first kappa shape index (κ1) is 22.9. The average molecular weight is 460 g/mol. The highest BCUT2D eigenvalue weighted by Crippen LogP contribution is 2.30. The van der Waals surface area contributed by atoms with Crippen LogP contribution in [0, 0.1) is 6.92 Å². The Balaban J connectivity index is 1.44. The maximum absolute atomic E-state index is 12.7. The van der Waals surface area contributed by atoms with Crippen molar-refractivity contribution in [2.45, 2.75) is 13.8 Å². The summed E-state index contributed by atoms with van der Waals surface area (Å²) in [5.74, 6) is 1.38. The molecule has 0 aliphatic heterocycles. The van der Waals surface area contributed by atoms with Crippen molar-refractivity contribution in [2.75, 3.05) is 19.8 Å². The molecule has 0 saturated carbocycles. The first-order valence-corrected chi connectivity index (χ1v) is 10.9. The lowest BCUT2D eigenvalue weighted by Gasteiger charge is -2.14. The van der Waals surface area contributed by atoms with Crippen LogP contribution in [0.5, 0.6) is 23.0 Å². The van der Waals surface area contributed by atoms with E-state index in [0.717, 1.165) is 16.7 Å². The highest BCUT2D eigenvalue weighted by atomic mass is 16.5. The Morgan fingerprint density at radius 2 is 1.62 bits per heavy atom. The average Bonchev–Trinajstić information content (AvgIpc) is 2.83. The predicted octanol–water partition coefficient (Wildman–Crippen LogP) is 5.18. The summed E-state index contributed by atoms with van der Waals surface area (Å²) >= 11 is 0. The van der Waals surface area contributed by atoms with Crippen molar-refractivity contribution in [3.05, 3.63) is 94.3 Å². The van der Waals surface area contributed by atoms with Gasteiger partial charge < -0.3 is 23.4 Å². The molecule has 174 valence electrons. The van der Waals surface area contributed by atoms with Crippen LogP contribution in [0.1, 0.15) is 22.8 Å². The quantitative estimate of drug-likeness (QED) is 0.147. The molecule has 34 heavy (non-hydrogen) atoms. The summed E-state index contributed by atoms with van der Waals surface area (Å²) < 4.78 is 27.8. The number of aryl methyl sites for hydroxylation is 1. The van der Waals surface area contributed by atoms with Crippen LogP contribution in [0.2, 0.25) is 0 Å². The number of esters is 1. The van der Waals surface area contributed by atoms with E-state index in [1.54, 1.807) is 30.3 Å². The molecule has 0 aliphatic carbocycles. The summed E-state index contributed by atoms with van der Waals surface area (Å²) in [6.45, 7) is 4.73. The Morgan fingerprint density at radius 3 is 2.41 bits per heavy atom. The van der Waals surface area contributed by atoms with Gasteiger partial charge in [-0.1, -0.05) is 18.2 Å². The molecular formula is C27H24O7. The van der Waals surface area contributed by atoms with Gasteiger partial charge in [0.05, 0.1) is 12.2 Å². The molecule has 0 amide bonds. The van der Waals surface area contributed by atoms with Gasteiger partial charge in [-0.2, -0.15) is 0 Å². The second kappa shape index (κ2) is 10.6. The number of para-hydroxylation sites is 1. The van der Waals surface area contributed by atoms with Crippen LogP contribution in [0.3, 0.4) is 0 Å². The molecule has 3 aromatic carbocycles. The van der Waals surface area contributed by atoms with E-state index in [0.29, 0.717) is 42.5 Å². The van der Waals surface area contributed by atoms with Crippen molar-refractivity contribution < 1.29 is 28.2 Å². The number of fused-ring (bicyclic) bond motifs is 1. The van der Waals surface area contributed by atoms with Crippen LogP contribution in [0.15, 0.2) is 82.0 Å². The van der Waals surface area contributed by atoms with Gasteiger partial charge in [-0.05, 0) is 61.9 Å². The van der Waals surface area contributed by atoms with Crippen LogP contribution < -0.4 is 24.6 Å². The summed E-state index contributed by atoms with van der Waals surface area (Å²) in [5, 5.41) is 0.774. The summed E-state index contributed by atoms with van der Waals surface area (Å²) in [4.78, 5) is 24.4. The minimum absolute atomic E-state index is 0.266. The molecule has 0 spiro atoms. The lowest BCUT2D eigenvalue weighted by Crippen LogP contribution is -2.12. The zero-order valence-corrected chi connectivity index (χ0v) is 18.9. The van der Waals surface area contributed by atoms with E-state index >= 15 is 0 Å². The maximum Gasteiger partial charge on any atom is 0.343 e. The molecule has 1 heterocycles. The second-order valence-corrected chi connectivity index (χ2v) is 7.40. The zero-order chi connectivity index (χ0) is 23.9.